The Bertz CT molecular complexity index is 890. The highest BCUT2D eigenvalue weighted by Crippen LogP contribution is 2.22. The predicted octanol–water partition coefficient (Wildman–Crippen LogP) is 3.05. The van der Waals surface area contributed by atoms with Crippen molar-refractivity contribution >= 4 is 35.0 Å². The first-order valence-corrected chi connectivity index (χ1v) is 10.3. The number of morpholine rings is 1. The zero-order chi connectivity index (χ0) is 21.5. The normalized spacial score (nSPS) is 15.4. The van der Waals surface area contributed by atoms with Crippen molar-refractivity contribution in [2.45, 2.75) is 6.04 Å². The number of nitrogens with one attached hydrogen (secondary N) is 2. The number of carbonyl (C=O) groups is 2. The number of ether oxygens (including phenoxy) is 1. The molecule has 30 heavy (non-hydrogen) atoms. The highest BCUT2D eigenvalue weighted by atomic mass is 35.5. The number of amides is 2. The van der Waals surface area contributed by atoms with E-state index in [2.05, 4.69) is 15.5 Å². The molecule has 9 heteroatoms. The summed E-state index contributed by atoms with van der Waals surface area (Å²) in [6.45, 7) is 2.75. The monoisotopic (exact) mass is 453 g/mol. The van der Waals surface area contributed by atoms with Crippen LogP contribution in [0.2, 0.25) is 10.0 Å². The van der Waals surface area contributed by atoms with Gasteiger partial charge in [0.25, 0.3) is 5.91 Å². The number of benzene rings is 2. The molecule has 3 rings (SSSR count). The zero-order valence-corrected chi connectivity index (χ0v) is 17.7. The van der Waals surface area contributed by atoms with Gasteiger partial charge in [-0.2, -0.15) is 0 Å². The van der Waals surface area contributed by atoms with E-state index in [-0.39, 0.29) is 34.9 Å². The van der Waals surface area contributed by atoms with Gasteiger partial charge in [0.2, 0.25) is 5.91 Å². The van der Waals surface area contributed by atoms with E-state index in [1.165, 1.54) is 24.3 Å². The number of nitrogens with zero attached hydrogens (tertiary/aromatic N) is 1. The van der Waals surface area contributed by atoms with Gasteiger partial charge in [0.05, 0.1) is 36.4 Å². The van der Waals surface area contributed by atoms with Crippen molar-refractivity contribution < 1.29 is 18.7 Å². The summed E-state index contributed by atoms with van der Waals surface area (Å²) in [6.07, 6.45) is 0. The molecule has 0 aromatic heterocycles. The van der Waals surface area contributed by atoms with E-state index in [1.807, 2.05) is 0 Å². The first-order chi connectivity index (χ1) is 14.4. The maximum absolute atomic E-state index is 13.3. The molecule has 2 aromatic rings. The summed E-state index contributed by atoms with van der Waals surface area (Å²) < 4.78 is 18.7. The average Bonchev–Trinajstić information content (AvgIpc) is 2.74. The maximum Gasteiger partial charge on any atom is 0.253 e. The van der Waals surface area contributed by atoms with E-state index in [4.69, 9.17) is 27.9 Å². The van der Waals surface area contributed by atoms with Crippen LogP contribution in [0.1, 0.15) is 22.0 Å². The third kappa shape index (κ3) is 6.15. The minimum absolute atomic E-state index is 0.125. The fourth-order valence-electron chi connectivity index (χ4n) is 3.23. The Morgan fingerprint density at radius 3 is 2.43 bits per heavy atom. The van der Waals surface area contributed by atoms with E-state index in [9.17, 15) is 14.0 Å². The van der Waals surface area contributed by atoms with Crippen molar-refractivity contribution in [2.24, 2.45) is 0 Å². The standard InChI is InChI=1S/C21H22Cl2FN3O3/c22-15-3-6-17(18(23)11-15)21(29)26-13-20(28)25-12-19(27-7-9-30-10-8-27)14-1-4-16(24)5-2-14/h1-6,11,19H,7-10,12-13H2,(H,25,28)(H,26,29). The summed E-state index contributed by atoms with van der Waals surface area (Å²) in [5, 5.41) is 6.02. The van der Waals surface area contributed by atoms with Gasteiger partial charge in [-0.25, -0.2) is 4.39 Å². The molecule has 160 valence electrons. The molecule has 1 aliphatic heterocycles. The number of rotatable bonds is 7. The van der Waals surface area contributed by atoms with Gasteiger partial charge in [-0.15, -0.1) is 0 Å². The second-order valence-corrected chi connectivity index (χ2v) is 7.67. The lowest BCUT2D eigenvalue weighted by Crippen LogP contribution is -2.45. The Morgan fingerprint density at radius 1 is 1.07 bits per heavy atom. The topological polar surface area (TPSA) is 70.7 Å². The summed E-state index contributed by atoms with van der Waals surface area (Å²) in [5.74, 6) is -1.11. The van der Waals surface area contributed by atoms with Gasteiger partial charge in [-0.3, -0.25) is 14.5 Å². The van der Waals surface area contributed by atoms with E-state index >= 15 is 0 Å². The average molecular weight is 454 g/mol. The van der Waals surface area contributed by atoms with Crippen LogP contribution in [0.4, 0.5) is 4.39 Å². The van der Waals surface area contributed by atoms with Crippen LogP contribution < -0.4 is 10.6 Å². The molecule has 2 aromatic carbocycles. The molecule has 1 fully saturated rings. The molecule has 0 spiro atoms. The third-order valence-electron chi connectivity index (χ3n) is 4.82. The molecule has 1 saturated heterocycles. The number of carbonyl (C=O) groups excluding carboxylic acids is 2. The first-order valence-electron chi connectivity index (χ1n) is 9.51. The van der Waals surface area contributed by atoms with Crippen molar-refractivity contribution in [1.29, 1.82) is 0 Å². The maximum atomic E-state index is 13.3. The second kappa shape index (κ2) is 10.7. The minimum atomic E-state index is -0.463. The second-order valence-electron chi connectivity index (χ2n) is 6.83. The van der Waals surface area contributed by atoms with Gasteiger partial charge >= 0.3 is 0 Å². The summed E-state index contributed by atoms with van der Waals surface area (Å²) in [4.78, 5) is 26.7. The molecule has 0 radical (unpaired) electrons. The molecule has 1 heterocycles. The van der Waals surface area contributed by atoms with Crippen molar-refractivity contribution in [3.8, 4) is 0 Å². The summed E-state index contributed by atoms with van der Waals surface area (Å²) in [7, 11) is 0. The molecule has 0 bridgehead atoms. The Morgan fingerprint density at radius 2 is 1.77 bits per heavy atom. The quantitative estimate of drug-likeness (QED) is 0.675. The lowest BCUT2D eigenvalue weighted by molar-refractivity contribution is -0.120. The Labute approximate surface area is 184 Å². The largest absolute Gasteiger partial charge is 0.379 e. The number of halogens is 3. The third-order valence-corrected chi connectivity index (χ3v) is 5.37. The predicted molar refractivity (Wildman–Crippen MR) is 113 cm³/mol. The summed E-state index contributed by atoms with van der Waals surface area (Å²) in [5.41, 5.74) is 1.14. The van der Waals surface area contributed by atoms with Crippen LogP contribution in [-0.2, 0) is 9.53 Å². The van der Waals surface area contributed by atoms with Gasteiger partial charge in [0, 0.05) is 24.7 Å². The summed E-state index contributed by atoms with van der Waals surface area (Å²) >= 11 is 11.8. The molecule has 0 saturated carbocycles. The SMILES string of the molecule is O=C(CNC(=O)c1ccc(Cl)cc1Cl)NCC(c1ccc(F)cc1)N1CCOCC1. The molecule has 2 N–H and O–H groups in total. The van der Waals surface area contributed by atoms with Crippen LogP contribution >= 0.6 is 23.2 Å². The van der Waals surface area contributed by atoms with Crippen LogP contribution in [0.25, 0.3) is 0 Å². The first kappa shape index (κ1) is 22.5. The van der Waals surface area contributed by atoms with Crippen LogP contribution in [-0.4, -0.2) is 56.1 Å². The molecule has 1 aliphatic rings. The van der Waals surface area contributed by atoms with Crippen molar-refractivity contribution in [1.82, 2.24) is 15.5 Å². The van der Waals surface area contributed by atoms with Crippen molar-refractivity contribution in [3.63, 3.8) is 0 Å². The minimum Gasteiger partial charge on any atom is -0.379 e. The van der Waals surface area contributed by atoms with Crippen LogP contribution in [0.3, 0.4) is 0 Å². The Hall–Kier alpha value is -2.19. The molecular weight excluding hydrogens is 432 g/mol. The summed E-state index contributed by atoms with van der Waals surface area (Å²) in [6, 6.07) is 10.6. The smallest absolute Gasteiger partial charge is 0.253 e. The van der Waals surface area contributed by atoms with E-state index in [0.717, 1.165) is 5.56 Å². The highest BCUT2D eigenvalue weighted by Gasteiger charge is 2.23. The Balaban J connectivity index is 1.57. The molecule has 1 unspecified atom stereocenters. The lowest BCUT2D eigenvalue weighted by Gasteiger charge is -2.35. The van der Waals surface area contributed by atoms with Crippen molar-refractivity contribution in [2.75, 3.05) is 39.4 Å². The molecular formula is C21H22Cl2FN3O3. The van der Waals surface area contributed by atoms with Gasteiger partial charge in [-0.05, 0) is 35.9 Å². The molecule has 6 nitrogen and oxygen atoms in total. The fraction of sp³-hybridized carbons (Fsp3) is 0.333. The molecule has 0 aliphatic carbocycles. The number of hydrogen-bond donors (Lipinski definition) is 2. The van der Waals surface area contributed by atoms with Crippen LogP contribution in [0, 0.1) is 5.82 Å². The zero-order valence-electron chi connectivity index (χ0n) is 16.2. The van der Waals surface area contributed by atoms with Gasteiger partial charge in [-0.1, -0.05) is 35.3 Å². The molecule has 2 amide bonds. The van der Waals surface area contributed by atoms with Gasteiger partial charge < -0.3 is 15.4 Å². The molecule has 1 atom stereocenters. The fourth-order valence-corrected chi connectivity index (χ4v) is 3.73. The number of hydrogen-bond acceptors (Lipinski definition) is 4. The highest BCUT2D eigenvalue weighted by molar-refractivity contribution is 6.36. The Kier molecular flexibility index (Phi) is 8.04. The van der Waals surface area contributed by atoms with Crippen LogP contribution in [0.5, 0.6) is 0 Å². The van der Waals surface area contributed by atoms with E-state index in [0.29, 0.717) is 37.9 Å². The van der Waals surface area contributed by atoms with Gasteiger partial charge in [0.15, 0.2) is 0 Å². The van der Waals surface area contributed by atoms with E-state index in [1.54, 1.807) is 18.2 Å². The van der Waals surface area contributed by atoms with Crippen LogP contribution in [0.15, 0.2) is 42.5 Å². The van der Waals surface area contributed by atoms with Gasteiger partial charge in [0.1, 0.15) is 5.82 Å². The lowest BCUT2D eigenvalue weighted by atomic mass is 10.0. The van der Waals surface area contributed by atoms with E-state index < -0.39 is 5.91 Å². The van der Waals surface area contributed by atoms with Crippen molar-refractivity contribution in [3.05, 3.63) is 69.5 Å².